The fourth-order valence-electron chi connectivity index (χ4n) is 1.49. The van der Waals surface area contributed by atoms with Gasteiger partial charge in [0, 0.05) is 18.1 Å². The molecular formula is C12H18BrN3O. The molecule has 1 aromatic rings. The van der Waals surface area contributed by atoms with Crippen molar-refractivity contribution < 1.29 is 4.79 Å². The molecule has 1 rings (SSSR count). The molecule has 0 atom stereocenters. The van der Waals surface area contributed by atoms with E-state index in [2.05, 4.69) is 21.2 Å². The number of hydrogen-bond donors (Lipinski definition) is 2. The van der Waals surface area contributed by atoms with Crippen molar-refractivity contribution in [2.75, 3.05) is 30.8 Å². The predicted molar refractivity (Wildman–Crippen MR) is 75.1 cm³/mol. The summed E-state index contributed by atoms with van der Waals surface area (Å²) in [6.07, 6.45) is 0.940. The van der Waals surface area contributed by atoms with Gasteiger partial charge in [0.2, 0.25) is 5.91 Å². The van der Waals surface area contributed by atoms with Crippen molar-refractivity contribution in [2.24, 2.45) is 0 Å². The molecule has 0 saturated heterocycles. The number of rotatable bonds is 5. The maximum atomic E-state index is 11.6. The summed E-state index contributed by atoms with van der Waals surface area (Å²) in [5.41, 5.74) is 7.41. The molecule has 0 bridgehead atoms. The predicted octanol–water partition coefficient (Wildman–Crippen LogP) is 1.99. The van der Waals surface area contributed by atoms with Gasteiger partial charge in [-0.15, -0.1) is 0 Å². The lowest BCUT2D eigenvalue weighted by Crippen LogP contribution is -2.35. The van der Waals surface area contributed by atoms with E-state index in [1.165, 1.54) is 0 Å². The van der Waals surface area contributed by atoms with Gasteiger partial charge in [-0.25, -0.2) is 0 Å². The molecule has 4 nitrogen and oxygen atoms in total. The maximum absolute atomic E-state index is 11.6. The molecule has 17 heavy (non-hydrogen) atoms. The van der Waals surface area contributed by atoms with Crippen molar-refractivity contribution in [3.8, 4) is 0 Å². The van der Waals surface area contributed by atoms with E-state index in [1.807, 2.05) is 37.1 Å². The van der Waals surface area contributed by atoms with Crippen molar-refractivity contribution >= 4 is 33.2 Å². The first-order valence-electron chi connectivity index (χ1n) is 5.57. The third-order valence-electron chi connectivity index (χ3n) is 2.35. The monoisotopic (exact) mass is 299 g/mol. The quantitative estimate of drug-likeness (QED) is 0.818. The molecule has 1 amide bonds. The van der Waals surface area contributed by atoms with Crippen molar-refractivity contribution in [2.45, 2.75) is 13.3 Å². The third kappa shape index (κ3) is 4.26. The SMILES string of the molecule is CCCNC(=O)CN(C)c1ccc(Br)cc1N. The molecule has 94 valence electrons. The number of amides is 1. The first-order chi connectivity index (χ1) is 8.04. The Hall–Kier alpha value is -1.23. The van der Waals surface area contributed by atoms with Crippen LogP contribution in [0.25, 0.3) is 0 Å². The minimum Gasteiger partial charge on any atom is -0.397 e. The number of nitrogens with one attached hydrogen (secondary N) is 1. The minimum atomic E-state index is 0.0108. The number of carbonyl (C=O) groups excluding carboxylic acids is 1. The molecule has 0 aliphatic heterocycles. The normalized spacial score (nSPS) is 10.1. The van der Waals surface area contributed by atoms with Crippen LogP contribution < -0.4 is 16.0 Å². The topological polar surface area (TPSA) is 58.4 Å². The molecule has 0 spiro atoms. The molecule has 3 N–H and O–H groups in total. The summed E-state index contributed by atoms with van der Waals surface area (Å²) in [4.78, 5) is 13.4. The lowest BCUT2D eigenvalue weighted by Gasteiger charge is -2.20. The third-order valence-corrected chi connectivity index (χ3v) is 2.85. The lowest BCUT2D eigenvalue weighted by molar-refractivity contribution is -0.119. The highest BCUT2D eigenvalue weighted by Crippen LogP contribution is 2.25. The van der Waals surface area contributed by atoms with E-state index in [9.17, 15) is 4.79 Å². The summed E-state index contributed by atoms with van der Waals surface area (Å²) in [7, 11) is 1.85. The highest BCUT2D eigenvalue weighted by Gasteiger charge is 2.09. The standard InChI is InChI=1S/C12H18BrN3O/c1-3-6-15-12(17)8-16(2)11-5-4-9(13)7-10(11)14/h4-5,7H,3,6,8,14H2,1-2H3,(H,15,17). The number of carbonyl (C=O) groups is 1. The van der Waals surface area contributed by atoms with E-state index in [0.717, 1.165) is 16.6 Å². The molecule has 0 unspecified atom stereocenters. The Morgan fingerprint density at radius 2 is 2.24 bits per heavy atom. The van der Waals surface area contributed by atoms with Gasteiger partial charge in [0.15, 0.2) is 0 Å². The number of likely N-dealkylation sites (N-methyl/N-ethyl adjacent to an activating group) is 1. The number of nitrogens with zero attached hydrogens (tertiary/aromatic N) is 1. The highest BCUT2D eigenvalue weighted by atomic mass is 79.9. The molecule has 5 heteroatoms. The van der Waals surface area contributed by atoms with Crippen molar-refractivity contribution in [1.82, 2.24) is 5.32 Å². The fourth-order valence-corrected chi connectivity index (χ4v) is 1.87. The zero-order valence-electron chi connectivity index (χ0n) is 10.2. The number of halogens is 1. The zero-order chi connectivity index (χ0) is 12.8. The average molecular weight is 300 g/mol. The van der Waals surface area contributed by atoms with Gasteiger partial charge in [-0.2, -0.15) is 0 Å². The second-order valence-electron chi connectivity index (χ2n) is 3.91. The Kier molecular flexibility index (Phi) is 5.28. The zero-order valence-corrected chi connectivity index (χ0v) is 11.8. The molecule has 0 radical (unpaired) electrons. The number of nitrogens with two attached hydrogens (primary N) is 1. The summed E-state index contributed by atoms with van der Waals surface area (Å²) >= 11 is 3.35. The second-order valence-corrected chi connectivity index (χ2v) is 4.82. The minimum absolute atomic E-state index is 0.0108. The number of nitrogen functional groups attached to an aromatic ring is 1. The Morgan fingerprint density at radius 3 is 2.82 bits per heavy atom. The molecule has 0 fully saturated rings. The van der Waals surface area contributed by atoms with Crippen LogP contribution in [-0.2, 0) is 4.79 Å². The van der Waals surface area contributed by atoms with Gasteiger partial charge in [0.05, 0.1) is 17.9 Å². The molecule has 0 aromatic heterocycles. The van der Waals surface area contributed by atoms with Gasteiger partial charge in [0.25, 0.3) is 0 Å². The van der Waals surface area contributed by atoms with Crippen LogP contribution in [0.2, 0.25) is 0 Å². The molecule has 0 aliphatic rings. The van der Waals surface area contributed by atoms with Crippen LogP contribution in [0.15, 0.2) is 22.7 Å². The van der Waals surface area contributed by atoms with E-state index in [4.69, 9.17) is 5.73 Å². The van der Waals surface area contributed by atoms with E-state index in [0.29, 0.717) is 18.8 Å². The van der Waals surface area contributed by atoms with Gasteiger partial charge < -0.3 is 16.0 Å². The number of anilines is 2. The van der Waals surface area contributed by atoms with Gasteiger partial charge in [-0.1, -0.05) is 22.9 Å². The van der Waals surface area contributed by atoms with Crippen LogP contribution in [0.1, 0.15) is 13.3 Å². The maximum Gasteiger partial charge on any atom is 0.239 e. The van der Waals surface area contributed by atoms with Crippen LogP contribution in [0.3, 0.4) is 0 Å². The molecule has 0 saturated carbocycles. The number of benzene rings is 1. The van der Waals surface area contributed by atoms with E-state index < -0.39 is 0 Å². The second kappa shape index (κ2) is 6.49. The summed E-state index contributed by atoms with van der Waals surface area (Å²) < 4.78 is 0.933. The van der Waals surface area contributed by atoms with Gasteiger partial charge in [-0.05, 0) is 24.6 Å². The molecule has 0 aliphatic carbocycles. The Morgan fingerprint density at radius 1 is 1.53 bits per heavy atom. The summed E-state index contributed by atoms with van der Waals surface area (Å²) in [5.74, 6) is 0.0108. The van der Waals surface area contributed by atoms with Crippen LogP contribution in [0.4, 0.5) is 11.4 Å². The van der Waals surface area contributed by atoms with E-state index in [1.54, 1.807) is 0 Å². The fraction of sp³-hybridized carbons (Fsp3) is 0.417. The lowest BCUT2D eigenvalue weighted by atomic mass is 10.2. The largest absolute Gasteiger partial charge is 0.397 e. The smallest absolute Gasteiger partial charge is 0.239 e. The van der Waals surface area contributed by atoms with Gasteiger partial charge in [-0.3, -0.25) is 4.79 Å². The summed E-state index contributed by atoms with van der Waals surface area (Å²) in [6, 6.07) is 5.63. The van der Waals surface area contributed by atoms with E-state index >= 15 is 0 Å². The number of hydrogen-bond acceptors (Lipinski definition) is 3. The summed E-state index contributed by atoms with van der Waals surface area (Å²) in [6.45, 7) is 3.05. The molecule has 1 aromatic carbocycles. The Bertz CT molecular complexity index is 395. The van der Waals surface area contributed by atoms with Crippen molar-refractivity contribution in [1.29, 1.82) is 0 Å². The Balaban J connectivity index is 2.63. The average Bonchev–Trinajstić information content (AvgIpc) is 2.26. The van der Waals surface area contributed by atoms with Gasteiger partial charge >= 0.3 is 0 Å². The van der Waals surface area contributed by atoms with Crippen molar-refractivity contribution in [3.05, 3.63) is 22.7 Å². The van der Waals surface area contributed by atoms with Crippen LogP contribution in [0, 0.1) is 0 Å². The van der Waals surface area contributed by atoms with Crippen LogP contribution in [0.5, 0.6) is 0 Å². The first kappa shape index (κ1) is 13.8. The van der Waals surface area contributed by atoms with Crippen LogP contribution in [-0.4, -0.2) is 26.0 Å². The van der Waals surface area contributed by atoms with Gasteiger partial charge in [0.1, 0.15) is 0 Å². The first-order valence-corrected chi connectivity index (χ1v) is 6.36. The molecule has 0 heterocycles. The van der Waals surface area contributed by atoms with Crippen LogP contribution >= 0.6 is 15.9 Å². The summed E-state index contributed by atoms with van der Waals surface area (Å²) in [5, 5.41) is 2.83. The molecular weight excluding hydrogens is 282 g/mol. The highest BCUT2D eigenvalue weighted by molar-refractivity contribution is 9.10. The van der Waals surface area contributed by atoms with Crippen molar-refractivity contribution in [3.63, 3.8) is 0 Å². The van der Waals surface area contributed by atoms with E-state index in [-0.39, 0.29) is 5.91 Å². The Labute approximate surface area is 110 Å².